The fourth-order valence-corrected chi connectivity index (χ4v) is 5.00. The van der Waals surface area contributed by atoms with Gasteiger partial charge in [-0.15, -0.1) is 0 Å². The number of hydrogen-bond donors (Lipinski definition) is 0. The van der Waals surface area contributed by atoms with Gasteiger partial charge in [-0.1, -0.05) is 23.7 Å². The molecule has 3 aromatic rings. The maximum absolute atomic E-state index is 11.8. The number of halogens is 1. The summed E-state index contributed by atoms with van der Waals surface area (Å²) in [5.74, 6) is 2.85. The highest BCUT2D eigenvalue weighted by Crippen LogP contribution is 2.34. The number of rotatable bonds is 4. The molecular weight excluding hydrogens is 440 g/mol. The van der Waals surface area contributed by atoms with Crippen molar-refractivity contribution in [3.8, 4) is 11.4 Å². The van der Waals surface area contributed by atoms with Crippen molar-refractivity contribution in [2.24, 2.45) is 5.92 Å². The Labute approximate surface area is 198 Å². The molecule has 5 rings (SSSR count). The first-order valence-corrected chi connectivity index (χ1v) is 12.0. The predicted octanol–water partition coefficient (Wildman–Crippen LogP) is 3.55. The highest BCUT2D eigenvalue weighted by Gasteiger charge is 2.27. The number of hydrogen-bond acceptors (Lipinski definition) is 6. The molecule has 9 heteroatoms. The van der Waals surface area contributed by atoms with Crippen LogP contribution in [0.15, 0.2) is 24.3 Å². The van der Waals surface area contributed by atoms with E-state index in [1.165, 1.54) is 0 Å². The molecule has 174 valence electrons. The average molecular weight is 469 g/mol. The van der Waals surface area contributed by atoms with Gasteiger partial charge in [-0.3, -0.25) is 4.79 Å². The molecule has 1 atom stereocenters. The number of amides is 1. The van der Waals surface area contributed by atoms with E-state index in [0.29, 0.717) is 29.9 Å². The van der Waals surface area contributed by atoms with E-state index in [0.717, 1.165) is 74.1 Å². The third kappa shape index (κ3) is 4.42. The van der Waals surface area contributed by atoms with Crippen LogP contribution in [0.25, 0.3) is 22.6 Å². The van der Waals surface area contributed by atoms with Crippen LogP contribution in [0, 0.1) is 12.8 Å². The van der Waals surface area contributed by atoms with Gasteiger partial charge in [0, 0.05) is 57.7 Å². The van der Waals surface area contributed by atoms with E-state index in [2.05, 4.69) is 9.47 Å². The number of carbonyl (C=O) groups is 1. The van der Waals surface area contributed by atoms with Crippen LogP contribution in [0.1, 0.15) is 25.6 Å². The lowest BCUT2D eigenvalue weighted by Crippen LogP contribution is -2.48. The Balaban J connectivity index is 1.61. The molecule has 1 unspecified atom stereocenters. The van der Waals surface area contributed by atoms with E-state index >= 15 is 0 Å². The van der Waals surface area contributed by atoms with Crippen molar-refractivity contribution in [2.45, 2.75) is 33.2 Å². The van der Waals surface area contributed by atoms with Crippen molar-refractivity contribution in [3.05, 3.63) is 35.1 Å². The molecule has 2 fully saturated rings. The predicted molar refractivity (Wildman–Crippen MR) is 129 cm³/mol. The first kappa shape index (κ1) is 22.1. The number of carbonyl (C=O) groups excluding carboxylic acids is 1. The minimum atomic E-state index is 0.110. The molecule has 0 aliphatic carbocycles. The normalized spacial score (nSPS) is 19.3. The Morgan fingerprint density at radius 3 is 2.64 bits per heavy atom. The first-order chi connectivity index (χ1) is 16.0. The summed E-state index contributed by atoms with van der Waals surface area (Å²) in [7, 11) is 0. The van der Waals surface area contributed by atoms with Crippen molar-refractivity contribution >= 4 is 34.5 Å². The molecule has 4 heterocycles. The Morgan fingerprint density at radius 2 is 1.94 bits per heavy atom. The van der Waals surface area contributed by atoms with Crippen molar-refractivity contribution in [3.63, 3.8) is 0 Å². The minimum Gasteiger partial charge on any atom is -0.381 e. The van der Waals surface area contributed by atoms with Crippen LogP contribution in [0.4, 0.5) is 5.82 Å². The zero-order chi connectivity index (χ0) is 22.9. The number of aryl methyl sites for hydroxylation is 1. The molecule has 2 aromatic heterocycles. The summed E-state index contributed by atoms with van der Waals surface area (Å²) in [6.45, 7) is 8.67. The van der Waals surface area contributed by atoms with Crippen molar-refractivity contribution < 1.29 is 9.53 Å². The third-order valence-electron chi connectivity index (χ3n) is 6.52. The van der Waals surface area contributed by atoms with E-state index < -0.39 is 0 Å². The molecule has 0 radical (unpaired) electrons. The van der Waals surface area contributed by atoms with E-state index in [1.807, 2.05) is 36.1 Å². The highest BCUT2D eigenvalue weighted by molar-refractivity contribution is 6.33. The second kappa shape index (κ2) is 9.27. The summed E-state index contributed by atoms with van der Waals surface area (Å²) in [6, 6.07) is 7.80. The van der Waals surface area contributed by atoms with Gasteiger partial charge in [0.25, 0.3) is 0 Å². The second-order valence-corrected chi connectivity index (χ2v) is 9.28. The van der Waals surface area contributed by atoms with Crippen LogP contribution >= 0.6 is 11.6 Å². The fourth-order valence-electron chi connectivity index (χ4n) is 4.78. The van der Waals surface area contributed by atoms with Gasteiger partial charge >= 0.3 is 0 Å². The summed E-state index contributed by atoms with van der Waals surface area (Å²) >= 11 is 6.60. The van der Waals surface area contributed by atoms with Crippen molar-refractivity contribution in [1.29, 1.82) is 0 Å². The largest absolute Gasteiger partial charge is 0.381 e. The van der Waals surface area contributed by atoms with Crippen LogP contribution in [0.5, 0.6) is 0 Å². The topological polar surface area (TPSA) is 76.4 Å². The van der Waals surface area contributed by atoms with Crippen LogP contribution < -0.4 is 4.90 Å². The molecule has 8 nitrogen and oxygen atoms in total. The molecule has 2 aliphatic rings. The van der Waals surface area contributed by atoms with Crippen LogP contribution in [-0.4, -0.2) is 69.7 Å². The molecule has 0 N–H and O–H groups in total. The zero-order valence-corrected chi connectivity index (χ0v) is 19.9. The SMILES string of the molecule is CC(=O)N1CCN(c2nc(C)nc3c2nc(-c2ccccc2Cl)n3CC2CCCOC2)CC1. The maximum Gasteiger partial charge on any atom is 0.219 e. The molecule has 2 aliphatic heterocycles. The highest BCUT2D eigenvalue weighted by atomic mass is 35.5. The Morgan fingerprint density at radius 1 is 1.15 bits per heavy atom. The van der Waals surface area contributed by atoms with Crippen LogP contribution in [0.3, 0.4) is 0 Å². The molecule has 0 bridgehead atoms. The lowest BCUT2D eigenvalue weighted by molar-refractivity contribution is -0.129. The van der Waals surface area contributed by atoms with Crippen LogP contribution in [0.2, 0.25) is 5.02 Å². The number of piperazine rings is 1. The lowest BCUT2D eigenvalue weighted by Gasteiger charge is -2.35. The second-order valence-electron chi connectivity index (χ2n) is 8.87. The number of nitrogens with zero attached hydrogens (tertiary/aromatic N) is 6. The van der Waals surface area contributed by atoms with Gasteiger partial charge in [0.05, 0.1) is 11.6 Å². The molecule has 0 saturated carbocycles. The van der Waals surface area contributed by atoms with Gasteiger partial charge in [0.2, 0.25) is 5.91 Å². The van der Waals surface area contributed by atoms with E-state index in [9.17, 15) is 4.79 Å². The first-order valence-electron chi connectivity index (χ1n) is 11.6. The van der Waals surface area contributed by atoms with Gasteiger partial charge in [-0.05, 0) is 31.9 Å². The summed E-state index contributed by atoms with van der Waals surface area (Å²) in [6.07, 6.45) is 2.18. The summed E-state index contributed by atoms with van der Waals surface area (Å²) in [4.78, 5) is 30.6. The van der Waals surface area contributed by atoms with Gasteiger partial charge in [0.1, 0.15) is 11.6 Å². The number of fused-ring (bicyclic) bond motifs is 1. The standard InChI is InChI=1S/C24H29ClN6O2/c1-16-26-23(30-11-9-29(10-12-30)17(2)32)21-24(27-16)31(14-18-6-5-13-33-15-18)22(28-21)19-7-3-4-8-20(19)25/h3-4,7-8,18H,5-6,9-15H2,1-2H3. The Hall–Kier alpha value is -2.71. The number of benzene rings is 1. The zero-order valence-electron chi connectivity index (χ0n) is 19.1. The molecule has 2 saturated heterocycles. The van der Waals surface area contributed by atoms with E-state index in [1.54, 1.807) is 6.92 Å². The Bertz CT molecular complexity index is 1170. The average Bonchev–Trinajstić information content (AvgIpc) is 3.17. The van der Waals surface area contributed by atoms with Crippen LogP contribution in [-0.2, 0) is 16.1 Å². The van der Waals surface area contributed by atoms with Gasteiger partial charge in [-0.25, -0.2) is 15.0 Å². The quantitative estimate of drug-likeness (QED) is 0.582. The molecule has 1 amide bonds. The van der Waals surface area contributed by atoms with Crippen molar-refractivity contribution in [1.82, 2.24) is 24.4 Å². The number of aromatic nitrogens is 4. The molecule has 0 spiro atoms. The number of imidazole rings is 1. The summed E-state index contributed by atoms with van der Waals surface area (Å²) < 4.78 is 7.95. The smallest absolute Gasteiger partial charge is 0.219 e. The minimum absolute atomic E-state index is 0.110. The number of ether oxygens (including phenoxy) is 1. The van der Waals surface area contributed by atoms with E-state index in [-0.39, 0.29) is 5.91 Å². The summed E-state index contributed by atoms with van der Waals surface area (Å²) in [5.41, 5.74) is 2.49. The lowest BCUT2D eigenvalue weighted by atomic mass is 10.0. The molecule has 1 aromatic carbocycles. The molecule has 33 heavy (non-hydrogen) atoms. The summed E-state index contributed by atoms with van der Waals surface area (Å²) in [5, 5.41) is 0.662. The number of anilines is 1. The maximum atomic E-state index is 11.8. The van der Waals surface area contributed by atoms with E-state index in [4.69, 9.17) is 31.3 Å². The fraction of sp³-hybridized carbons (Fsp3) is 0.500. The molecular formula is C24H29ClN6O2. The van der Waals surface area contributed by atoms with Gasteiger partial charge < -0.3 is 19.1 Å². The van der Waals surface area contributed by atoms with Crippen molar-refractivity contribution in [2.75, 3.05) is 44.3 Å². The van der Waals surface area contributed by atoms with Gasteiger partial charge in [0.15, 0.2) is 17.0 Å². The Kier molecular flexibility index (Phi) is 6.21. The monoisotopic (exact) mass is 468 g/mol. The third-order valence-corrected chi connectivity index (χ3v) is 6.85. The van der Waals surface area contributed by atoms with Gasteiger partial charge in [-0.2, -0.15) is 0 Å².